The second kappa shape index (κ2) is 8.68. The molecule has 1 aliphatic carbocycles. The summed E-state index contributed by atoms with van der Waals surface area (Å²) in [4.78, 5) is 16.3. The molecule has 6 heteroatoms. The van der Waals surface area contributed by atoms with Crippen LogP contribution < -0.4 is 10.1 Å². The minimum absolute atomic E-state index is 0.00966. The maximum atomic E-state index is 12.2. The van der Waals surface area contributed by atoms with Crippen molar-refractivity contribution in [2.75, 3.05) is 6.61 Å². The lowest BCUT2D eigenvalue weighted by Crippen LogP contribution is -2.28. The van der Waals surface area contributed by atoms with E-state index in [-0.39, 0.29) is 12.5 Å². The Hall–Kier alpha value is -3.54. The number of furan rings is 1. The summed E-state index contributed by atoms with van der Waals surface area (Å²) in [6, 6.07) is 14.0. The van der Waals surface area contributed by atoms with Crippen LogP contribution in [0.1, 0.15) is 35.3 Å². The van der Waals surface area contributed by atoms with Gasteiger partial charge in [-0.1, -0.05) is 24.3 Å². The Morgan fingerprint density at radius 3 is 2.77 bits per heavy atom. The molecule has 0 bridgehead atoms. The van der Waals surface area contributed by atoms with E-state index in [0.717, 1.165) is 41.7 Å². The zero-order chi connectivity index (χ0) is 21.0. The Labute approximate surface area is 180 Å². The van der Waals surface area contributed by atoms with Crippen molar-refractivity contribution < 1.29 is 13.9 Å². The van der Waals surface area contributed by atoms with Crippen LogP contribution in [0.3, 0.4) is 0 Å². The number of benzene rings is 2. The van der Waals surface area contributed by atoms with Crippen molar-refractivity contribution in [2.24, 2.45) is 0 Å². The first-order valence-electron chi connectivity index (χ1n) is 10.7. The van der Waals surface area contributed by atoms with Gasteiger partial charge in [0.25, 0.3) is 5.91 Å². The standard InChI is InChI=1S/C25H25N3O3/c29-25(27-14-18-5-7-19(8-6-18)15-28-12-11-26-17-28)16-30-20-9-10-24-22(13-20)21-3-1-2-4-23(21)31-24/h5-13,17H,1-4,14-16H2,(H,27,29). The second-order valence-corrected chi connectivity index (χ2v) is 7.99. The first kappa shape index (κ1) is 19.4. The van der Waals surface area contributed by atoms with Gasteiger partial charge in [0, 0.05) is 42.9 Å². The molecule has 0 aliphatic heterocycles. The summed E-state index contributed by atoms with van der Waals surface area (Å²) in [6.07, 6.45) is 9.94. The van der Waals surface area contributed by atoms with Crippen LogP contribution >= 0.6 is 0 Å². The lowest BCUT2D eigenvalue weighted by molar-refractivity contribution is -0.123. The summed E-state index contributed by atoms with van der Waals surface area (Å²) in [6.45, 7) is 1.25. The number of carbonyl (C=O) groups is 1. The fourth-order valence-corrected chi connectivity index (χ4v) is 4.09. The first-order valence-corrected chi connectivity index (χ1v) is 10.7. The fraction of sp³-hybridized carbons (Fsp3) is 0.280. The molecule has 6 nitrogen and oxygen atoms in total. The summed E-state index contributed by atoms with van der Waals surface area (Å²) in [7, 11) is 0. The normalized spacial score (nSPS) is 13.2. The Balaban J connectivity index is 1.13. The van der Waals surface area contributed by atoms with Crippen molar-refractivity contribution in [3.63, 3.8) is 0 Å². The summed E-state index contributed by atoms with van der Waals surface area (Å²) < 4.78 is 13.7. The van der Waals surface area contributed by atoms with Crippen molar-refractivity contribution >= 4 is 16.9 Å². The van der Waals surface area contributed by atoms with E-state index in [2.05, 4.69) is 22.4 Å². The Morgan fingerprint density at radius 1 is 1.10 bits per heavy atom. The van der Waals surface area contributed by atoms with E-state index in [9.17, 15) is 4.79 Å². The zero-order valence-electron chi connectivity index (χ0n) is 17.3. The van der Waals surface area contributed by atoms with Crippen LogP contribution in [-0.4, -0.2) is 22.1 Å². The van der Waals surface area contributed by atoms with E-state index in [4.69, 9.17) is 9.15 Å². The lowest BCUT2D eigenvalue weighted by Gasteiger charge is -2.10. The molecule has 158 valence electrons. The van der Waals surface area contributed by atoms with E-state index < -0.39 is 0 Å². The highest BCUT2D eigenvalue weighted by Crippen LogP contribution is 2.33. The molecule has 2 aromatic carbocycles. The van der Waals surface area contributed by atoms with Crippen molar-refractivity contribution in [1.29, 1.82) is 0 Å². The van der Waals surface area contributed by atoms with Crippen molar-refractivity contribution in [3.8, 4) is 5.75 Å². The molecule has 5 rings (SSSR count). The van der Waals surface area contributed by atoms with Gasteiger partial charge in [-0.25, -0.2) is 4.98 Å². The first-order chi connectivity index (χ1) is 15.2. The highest BCUT2D eigenvalue weighted by Gasteiger charge is 2.18. The predicted octanol–water partition coefficient (Wildman–Crippen LogP) is 4.25. The molecule has 1 aliphatic rings. The van der Waals surface area contributed by atoms with Gasteiger partial charge in [0.1, 0.15) is 17.1 Å². The number of hydrogen-bond acceptors (Lipinski definition) is 4. The number of rotatable bonds is 7. The molecule has 0 saturated heterocycles. The third-order valence-electron chi connectivity index (χ3n) is 5.73. The highest BCUT2D eigenvalue weighted by atomic mass is 16.5. The SMILES string of the molecule is O=C(COc1ccc2oc3c(c2c1)CCCC3)NCc1ccc(Cn2ccnc2)cc1. The average Bonchev–Trinajstić information content (AvgIpc) is 3.44. The molecule has 0 fully saturated rings. The number of amides is 1. The Bertz CT molecular complexity index is 1180. The maximum Gasteiger partial charge on any atom is 0.258 e. The van der Waals surface area contributed by atoms with Crippen molar-refractivity contribution in [1.82, 2.24) is 14.9 Å². The number of fused-ring (bicyclic) bond motifs is 3. The largest absolute Gasteiger partial charge is 0.484 e. The van der Waals surface area contributed by atoms with Crippen LogP contribution in [0.5, 0.6) is 5.75 Å². The van der Waals surface area contributed by atoms with Gasteiger partial charge in [-0.15, -0.1) is 0 Å². The third-order valence-corrected chi connectivity index (χ3v) is 5.73. The molecule has 1 N–H and O–H groups in total. The van der Waals surface area contributed by atoms with Gasteiger partial charge in [-0.3, -0.25) is 4.79 Å². The van der Waals surface area contributed by atoms with Crippen LogP contribution in [0, 0.1) is 0 Å². The van der Waals surface area contributed by atoms with Crippen molar-refractivity contribution in [2.45, 2.75) is 38.8 Å². The van der Waals surface area contributed by atoms with Crippen LogP contribution in [0.4, 0.5) is 0 Å². The fourth-order valence-electron chi connectivity index (χ4n) is 4.09. The number of nitrogens with zero attached hydrogens (tertiary/aromatic N) is 2. The van der Waals surface area contributed by atoms with Crippen LogP contribution in [0.25, 0.3) is 11.0 Å². The molecule has 0 unspecified atom stereocenters. The van der Waals surface area contributed by atoms with Gasteiger partial charge < -0.3 is 19.0 Å². The number of ether oxygens (including phenoxy) is 1. The number of carbonyl (C=O) groups excluding carboxylic acids is 1. The Kier molecular flexibility index (Phi) is 5.44. The van der Waals surface area contributed by atoms with Gasteiger partial charge in [-0.05, 0) is 48.6 Å². The zero-order valence-corrected chi connectivity index (χ0v) is 17.3. The number of aryl methyl sites for hydroxylation is 2. The number of hydrogen-bond donors (Lipinski definition) is 1. The lowest BCUT2D eigenvalue weighted by atomic mass is 9.96. The molecule has 0 saturated carbocycles. The van der Waals surface area contributed by atoms with E-state index in [1.165, 1.54) is 24.0 Å². The molecular formula is C25H25N3O3. The number of nitrogens with one attached hydrogen (secondary N) is 1. The average molecular weight is 415 g/mol. The van der Waals surface area contributed by atoms with Crippen LogP contribution in [0.15, 0.2) is 65.6 Å². The summed E-state index contributed by atoms with van der Waals surface area (Å²) in [5, 5.41) is 4.03. The van der Waals surface area contributed by atoms with Gasteiger partial charge in [-0.2, -0.15) is 0 Å². The number of aromatic nitrogens is 2. The van der Waals surface area contributed by atoms with Gasteiger partial charge in [0.15, 0.2) is 6.61 Å². The van der Waals surface area contributed by atoms with E-state index >= 15 is 0 Å². The monoisotopic (exact) mass is 415 g/mol. The van der Waals surface area contributed by atoms with E-state index in [0.29, 0.717) is 12.3 Å². The minimum atomic E-state index is -0.142. The van der Waals surface area contributed by atoms with Gasteiger partial charge in [0.05, 0.1) is 6.33 Å². The molecule has 2 heterocycles. The molecule has 31 heavy (non-hydrogen) atoms. The molecule has 0 spiro atoms. The summed E-state index contributed by atoms with van der Waals surface area (Å²) >= 11 is 0. The van der Waals surface area contributed by atoms with E-state index in [1.807, 2.05) is 41.1 Å². The molecule has 4 aromatic rings. The van der Waals surface area contributed by atoms with E-state index in [1.54, 1.807) is 12.5 Å². The molecule has 0 radical (unpaired) electrons. The summed E-state index contributed by atoms with van der Waals surface area (Å²) in [5.41, 5.74) is 4.44. The minimum Gasteiger partial charge on any atom is -0.484 e. The highest BCUT2D eigenvalue weighted by molar-refractivity contribution is 5.84. The van der Waals surface area contributed by atoms with Crippen LogP contribution in [-0.2, 0) is 30.7 Å². The molecule has 1 amide bonds. The maximum absolute atomic E-state index is 12.2. The van der Waals surface area contributed by atoms with Gasteiger partial charge in [0.2, 0.25) is 0 Å². The predicted molar refractivity (Wildman–Crippen MR) is 118 cm³/mol. The van der Waals surface area contributed by atoms with Crippen molar-refractivity contribution in [3.05, 3.63) is 83.6 Å². The quantitative estimate of drug-likeness (QED) is 0.490. The van der Waals surface area contributed by atoms with Crippen LogP contribution in [0.2, 0.25) is 0 Å². The second-order valence-electron chi connectivity index (χ2n) is 7.99. The smallest absolute Gasteiger partial charge is 0.258 e. The summed E-state index contributed by atoms with van der Waals surface area (Å²) in [5.74, 6) is 1.66. The molecule has 0 atom stereocenters. The molecular weight excluding hydrogens is 390 g/mol. The van der Waals surface area contributed by atoms with Gasteiger partial charge >= 0.3 is 0 Å². The third kappa shape index (κ3) is 4.48. The topological polar surface area (TPSA) is 69.3 Å². The Morgan fingerprint density at radius 2 is 1.94 bits per heavy atom. The number of imidazole rings is 1. The molecule has 2 aromatic heterocycles.